The van der Waals surface area contributed by atoms with Gasteiger partial charge in [-0.15, -0.1) is 11.3 Å². The highest BCUT2D eigenvalue weighted by Gasteiger charge is 2.33. The maximum Gasteiger partial charge on any atom is 0.226 e. The molecule has 3 aromatic rings. The van der Waals surface area contributed by atoms with Crippen molar-refractivity contribution in [2.75, 3.05) is 25.0 Å². The standard InChI is InChI=1S/C25H26N4O3S2/c30-12-14-5-7-29(8-6-14)25(32)16-2-4-18-20(9-16)34-24-22(18)23(26-13-27-24)28-17-3-1-15-10-21(31)33-19(15)11-17/h1,3,11,13-14,16,30H,2,4-10,12H2,(H,26,27,28). The molecule has 7 nitrogen and oxygen atoms in total. The molecule has 1 atom stereocenters. The number of benzene rings is 1. The van der Waals surface area contributed by atoms with Crippen LogP contribution in [0.3, 0.4) is 0 Å². The lowest BCUT2D eigenvalue weighted by molar-refractivity contribution is -0.137. The SMILES string of the molecule is O=C1Cc2ccc(Nc3ncnc4sc5c(c34)CCC(C(=O)N3CCC(CO)CC3)C5)cc2S1. The van der Waals surface area contributed by atoms with E-state index in [9.17, 15) is 14.7 Å². The Balaban J connectivity index is 1.23. The Bertz CT molecular complexity index is 1280. The number of hydrogen-bond acceptors (Lipinski definition) is 8. The highest BCUT2D eigenvalue weighted by molar-refractivity contribution is 8.14. The van der Waals surface area contributed by atoms with E-state index in [1.54, 1.807) is 17.7 Å². The second-order valence-corrected chi connectivity index (χ2v) is 11.6. The number of aliphatic hydroxyl groups excluding tert-OH is 1. The van der Waals surface area contributed by atoms with Crippen LogP contribution < -0.4 is 5.32 Å². The van der Waals surface area contributed by atoms with Crippen molar-refractivity contribution in [2.24, 2.45) is 11.8 Å². The molecule has 1 saturated heterocycles. The molecular weight excluding hydrogens is 468 g/mol. The molecule has 0 radical (unpaired) electrons. The zero-order chi connectivity index (χ0) is 23.2. The number of hydrogen-bond donors (Lipinski definition) is 2. The van der Waals surface area contributed by atoms with E-state index in [0.717, 1.165) is 77.4 Å². The van der Waals surface area contributed by atoms with Gasteiger partial charge in [0.05, 0.1) is 5.39 Å². The van der Waals surface area contributed by atoms with Crippen molar-refractivity contribution < 1.29 is 14.7 Å². The molecule has 176 valence electrons. The summed E-state index contributed by atoms with van der Waals surface area (Å²) in [5.41, 5.74) is 3.26. The van der Waals surface area contributed by atoms with Gasteiger partial charge in [-0.2, -0.15) is 0 Å². The van der Waals surface area contributed by atoms with E-state index in [2.05, 4.69) is 15.3 Å². The summed E-state index contributed by atoms with van der Waals surface area (Å²) in [4.78, 5) is 39.2. The lowest BCUT2D eigenvalue weighted by Gasteiger charge is -2.34. The third kappa shape index (κ3) is 3.99. The molecule has 4 heterocycles. The summed E-state index contributed by atoms with van der Waals surface area (Å²) in [5, 5.41) is 14.1. The molecule has 1 aliphatic carbocycles. The molecule has 1 unspecified atom stereocenters. The van der Waals surface area contributed by atoms with Crippen LogP contribution in [0, 0.1) is 11.8 Å². The molecule has 0 spiro atoms. The van der Waals surface area contributed by atoms with Crippen molar-refractivity contribution in [3.05, 3.63) is 40.5 Å². The number of anilines is 2. The minimum atomic E-state index is 0.0156. The first-order valence-electron chi connectivity index (χ1n) is 11.8. The van der Waals surface area contributed by atoms with Crippen molar-refractivity contribution in [3.8, 4) is 0 Å². The first-order chi connectivity index (χ1) is 16.6. The van der Waals surface area contributed by atoms with Crippen LogP contribution in [0.4, 0.5) is 11.5 Å². The fourth-order valence-electron chi connectivity index (χ4n) is 5.33. The van der Waals surface area contributed by atoms with Crippen molar-refractivity contribution >= 4 is 55.8 Å². The van der Waals surface area contributed by atoms with Crippen molar-refractivity contribution in [3.63, 3.8) is 0 Å². The number of nitrogens with one attached hydrogen (secondary N) is 1. The topological polar surface area (TPSA) is 95.4 Å². The van der Waals surface area contributed by atoms with Gasteiger partial charge in [-0.25, -0.2) is 9.97 Å². The molecular formula is C25H26N4O3S2. The van der Waals surface area contributed by atoms with Gasteiger partial charge in [-0.3, -0.25) is 9.59 Å². The number of amides is 1. The number of fused-ring (bicyclic) bond motifs is 4. The third-order valence-corrected chi connectivity index (χ3v) is 9.40. The van der Waals surface area contributed by atoms with Crippen LogP contribution in [-0.4, -0.2) is 50.7 Å². The molecule has 9 heteroatoms. The van der Waals surface area contributed by atoms with Crippen molar-refractivity contribution in [1.29, 1.82) is 0 Å². The van der Waals surface area contributed by atoms with Gasteiger partial charge in [0.2, 0.25) is 5.91 Å². The molecule has 1 aromatic carbocycles. The summed E-state index contributed by atoms with van der Waals surface area (Å²) in [6.45, 7) is 1.73. The van der Waals surface area contributed by atoms with Crippen LogP contribution in [0.25, 0.3) is 10.2 Å². The number of likely N-dealkylation sites (tertiary alicyclic amines) is 1. The number of rotatable bonds is 4. The Kier molecular flexibility index (Phi) is 5.79. The van der Waals surface area contributed by atoms with Gasteiger partial charge < -0.3 is 15.3 Å². The fourth-order valence-corrected chi connectivity index (χ4v) is 7.53. The summed E-state index contributed by atoms with van der Waals surface area (Å²) in [6, 6.07) is 6.03. The average Bonchev–Trinajstić information content (AvgIpc) is 3.42. The van der Waals surface area contributed by atoms with Gasteiger partial charge >= 0.3 is 0 Å². The summed E-state index contributed by atoms with van der Waals surface area (Å²) in [7, 11) is 0. The quantitative estimate of drug-likeness (QED) is 0.567. The number of carbonyl (C=O) groups excluding carboxylic acids is 2. The number of aromatic nitrogens is 2. The average molecular weight is 495 g/mol. The number of aliphatic hydroxyl groups is 1. The van der Waals surface area contributed by atoms with E-state index < -0.39 is 0 Å². The van der Waals surface area contributed by atoms with Gasteiger partial charge in [0.1, 0.15) is 17.0 Å². The Morgan fingerprint density at radius 2 is 2.06 bits per heavy atom. The first kappa shape index (κ1) is 22.0. The lowest BCUT2D eigenvalue weighted by Crippen LogP contribution is -2.43. The first-order valence-corrected chi connectivity index (χ1v) is 13.5. The molecule has 2 aromatic heterocycles. The number of nitrogens with zero attached hydrogens (tertiary/aromatic N) is 3. The van der Waals surface area contributed by atoms with E-state index in [0.29, 0.717) is 12.3 Å². The molecule has 2 N–H and O–H groups in total. The molecule has 1 amide bonds. The van der Waals surface area contributed by atoms with Crippen molar-refractivity contribution in [2.45, 2.75) is 43.4 Å². The number of aryl methyl sites for hydroxylation is 1. The maximum absolute atomic E-state index is 13.2. The fraction of sp³-hybridized carbons (Fsp3) is 0.440. The van der Waals surface area contributed by atoms with Gasteiger partial charge in [0.15, 0.2) is 5.12 Å². The zero-order valence-electron chi connectivity index (χ0n) is 18.7. The minimum Gasteiger partial charge on any atom is -0.396 e. The highest BCUT2D eigenvalue weighted by Crippen LogP contribution is 2.41. The maximum atomic E-state index is 13.2. The van der Waals surface area contributed by atoms with Crippen LogP contribution in [0.5, 0.6) is 0 Å². The Morgan fingerprint density at radius 1 is 1.21 bits per heavy atom. The summed E-state index contributed by atoms with van der Waals surface area (Å²) < 4.78 is 0. The second-order valence-electron chi connectivity index (χ2n) is 9.40. The van der Waals surface area contributed by atoms with Crippen LogP contribution in [-0.2, 0) is 28.9 Å². The smallest absolute Gasteiger partial charge is 0.226 e. The van der Waals surface area contributed by atoms with E-state index in [1.807, 2.05) is 23.1 Å². The number of thioether (sulfide) groups is 1. The highest BCUT2D eigenvalue weighted by atomic mass is 32.2. The Labute approximate surface area is 206 Å². The summed E-state index contributed by atoms with van der Waals surface area (Å²) >= 11 is 2.97. The van der Waals surface area contributed by atoms with E-state index in [-0.39, 0.29) is 23.5 Å². The van der Waals surface area contributed by atoms with Crippen LogP contribution >= 0.6 is 23.1 Å². The van der Waals surface area contributed by atoms with Crippen molar-refractivity contribution in [1.82, 2.24) is 14.9 Å². The van der Waals surface area contributed by atoms with Crippen LogP contribution in [0.2, 0.25) is 0 Å². The van der Waals surface area contributed by atoms with Gasteiger partial charge in [0.25, 0.3) is 0 Å². The number of piperidine rings is 1. The number of thiophene rings is 1. The molecule has 0 saturated carbocycles. The van der Waals surface area contributed by atoms with Crippen LogP contribution in [0.15, 0.2) is 29.4 Å². The molecule has 3 aliphatic rings. The molecule has 1 fully saturated rings. The third-order valence-electron chi connectivity index (χ3n) is 7.27. The monoisotopic (exact) mass is 494 g/mol. The summed E-state index contributed by atoms with van der Waals surface area (Å²) in [6.07, 6.45) is 6.30. The zero-order valence-corrected chi connectivity index (χ0v) is 20.4. The minimum absolute atomic E-state index is 0.0156. The molecule has 2 aliphatic heterocycles. The normalized spacial score (nSPS) is 20.4. The Morgan fingerprint density at radius 3 is 2.88 bits per heavy atom. The Hall–Kier alpha value is -2.49. The predicted octanol–water partition coefficient (Wildman–Crippen LogP) is 3.95. The van der Waals surface area contributed by atoms with Gasteiger partial charge in [-0.05, 0) is 61.3 Å². The largest absolute Gasteiger partial charge is 0.396 e. The lowest BCUT2D eigenvalue weighted by atomic mass is 9.86. The molecule has 0 bridgehead atoms. The predicted molar refractivity (Wildman–Crippen MR) is 134 cm³/mol. The molecule has 6 rings (SSSR count). The number of carbonyl (C=O) groups is 2. The van der Waals surface area contributed by atoms with E-state index in [1.165, 1.54) is 22.2 Å². The van der Waals surface area contributed by atoms with E-state index in [4.69, 9.17) is 0 Å². The molecule has 34 heavy (non-hydrogen) atoms. The van der Waals surface area contributed by atoms with E-state index >= 15 is 0 Å². The second kappa shape index (κ2) is 8.94. The summed E-state index contributed by atoms with van der Waals surface area (Å²) in [5.74, 6) is 1.39. The van der Waals surface area contributed by atoms with Gasteiger partial charge in [-0.1, -0.05) is 17.8 Å². The van der Waals surface area contributed by atoms with Crippen LogP contribution in [0.1, 0.15) is 35.3 Å². The van der Waals surface area contributed by atoms with Gasteiger partial charge in [0, 0.05) is 47.5 Å².